The van der Waals surface area contributed by atoms with Crippen LogP contribution in [-0.2, 0) is 0 Å². The summed E-state index contributed by atoms with van der Waals surface area (Å²) in [5, 5.41) is 0. The molecule has 2 heteroatoms. The lowest BCUT2D eigenvalue weighted by atomic mass is 9.41. The normalized spacial score (nSPS) is 9.50. The Kier molecular flexibility index (Phi) is 7.33. The van der Waals surface area contributed by atoms with Gasteiger partial charge in [-0.2, -0.15) is 0 Å². The van der Waals surface area contributed by atoms with Crippen molar-refractivity contribution in [1.29, 1.82) is 0 Å². The molecular formula is C8H19B2. The molecule has 0 heterocycles. The molecule has 0 unspecified atom stereocenters. The quantitative estimate of drug-likeness (QED) is 0.389. The van der Waals surface area contributed by atoms with Crippen LogP contribution in [-0.4, -0.2) is 14.0 Å². The summed E-state index contributed by atoms with van der Waals surface area (Å²) < 4.78 is 0. The Balaban J connectivity index is 3.09. The molecule has 0 aromatic rings. The van der Waals surface area contributed by atoms with Crippen molar-refractivity contribution >= 4 is 14.0 Å². The Morgan fingerprint density at radius 1 is 1.10 bits per heavy atom. The highest BCUT2D eigenvalue weighted by atomic mass is 13.7. The van der Waals surface area contributed by atoms with Crippen molar-refractivity contribution in [2.75, 3.05) is 0 Å². The molecule has 1 radical (unpaired) electrons. The molecular weight excluding hydrogens is 118 g/mol. The minimum Gasteiger partial charge on any atom is -0.0866 e. The Hall–Kier alpha value is 0.130. The van der Waals surface area contributed by atoms with Gasteiger partial charge in [-0.25, -0.2) is 0 Å². The smallest absolute Gasteiger partial charge is 0.0866 e. The van der Waals surface area contributed by atoms with E-state index >= 15 is 0 Å². The highest BCUT2D eigenvalue weighted by Gasteiger charge is 2.06. The van der Waals surface area contributed by atoms with Gasteiger partial charge in [-0.1, -0.05) is 52.4 Å². The first-order valence-electron chi connectivity index (χ1n) is 4.66. The fraction of sp³-hybridized carbons (Fsp3) is 1.00. The summed E-state index contributed by atoms with van der Waals surface area (Å²) in [5.41, 5.74) is 0. The largest absolute Gasteiger partial charge is 0.138 e. The predicted octanol–water partition coefficient (Wildman–Crippen LogP) is 3.08. The van der Waals surface area contributed by atoms with Gasteiger partial charge >= 0.3 is 0 Å². The van der Waals surface area contributed by atoms with Crippen molar-refractivity contribution in [2.24, 2.45) is 0 Å². The van der Waals surface area contributed by atoms with Gasteiger partial charge in [0.15, 0.2) is 0 Å². The average Bonchev–Trinajstić information content (AvgIpc) is 1.99. The second-order valence-electron chi connectivity index (χ2n) is 2.96. The number of hydrogen-bond acceptors (Lipinski definition) is 0. The van der Waals surface area contributed by atoms with E-state index in [0.29, 0.717) is 0 Å². The Bertz CT molecular complexity index is 60.3. The summed E-state index contributed by atoms with van der Waals surface area (Å²) in [5.74, 6) is 0. The van der Waals surface area contributed by atoms with E-state index in [1.54, 1.807) is 0 Å². The van der Waals surface area contributed by atoms with Crippen LogP contribution in [0.2, 0.25) is 31.6 Å². The van der Waals surface area contributed by atoms with Crippen LogP contribution in [0.3, 0.4) is 0 Å². The fourth-order valence-corrected chi connectivity index (χ4v) is 1.25. The van der Waals surface area contributed by atoms with Gasteiger partial charge in [-0.3, -0.25) is 0 Å². The topological polar surface area (TPSA) is 0 Å². The summed E-state index contributed by atoms with van der Waals surface area (Å²) in [4.78, 5) is 0. The summed E-state index contributed by atoms with van der Waals surface area (Å²) >= 11 is 0. The van der Waals surface area contributed by atoms with Crippen LogP contribution in [0.4, 0.5) is 0 Å². The molecule has 0 aliphatic heterocycles. The second kappa shape index (κ2) is 7.24. The van der Waals surface area contributed by atoms with Crippen molar-refractivity contribution in [1.82, 2.24) is 0 Å². The molecule has 0 nitrogen and oxygen atoms in total. The molecule has 0 aromatic carbocycles. The van der Waals surface area contributed by atoms with E-state index in [9.17, 15) is 0 Å². The fourth-order valence-electron chi connectivity index (χ4n) is 1.25. The summed E-state index contributed by atoms with van der Waals surface area (Å²) in [7, 11) is 2.39. The van der Waals surface area contributed by atoms with Gasteiger partial charge in [0.1, 0.15) is 14.0 Å². The van der Waals surface area contributed by atoms with Gasteiger partial charge in [0, 0.05) is 0 Å². The SMILES string of the molecule is CC[B]CCB(CC)CC. The second-order valence-corrected chi connectivity index (χ2v) is 2.96. The van der Waals surface area contributed by atoms with Crippen LogP contribution in [0.25, 0.3) is 0 Å². The van der Waals surface area contributed by atoms with E-state index in [-0.39, 0.29) is 0 Å². The van der Waals surface area contributed by atoms with Crippen LogP contribution in [0.15, 0.2) is 0 Å². The van der Waals surface area contributed by atoms with Crippen molar-refractivity contribution in [2.45, 2.75) is 52.4 Å². The third-order valence-corrected chi connectivity index (χ3v) is 2.22. The minimum atomic E-state index is 0.975. The van der Waals surface area contributed by atoms with Gasteiger partial charge in [0.25, 0.3) is 0 Å². The van der Waals surface area contributed by atoms with E-state index in [1.807, 2.05) is 0 Å². The lowest BCUT2D eigenvalue weighted by Gasteiger charge is -2.05. The molecule has 57 valence electrons. The van der Waals surface area contributed by atoms with Crippen molar-refractivity contribution in [3.8, 4) is 0 Å². The van der Waals surface area contributed by atoms with Crippen LogP contribution >= 0.6 is 0 Å². The Morgan fingerprint density at radius 3 is 2.10 bits per heavy atom. The van der Waals surface area contributed by atoms with Gasteiger partial charge in [0.2, 0.25) is 0 Å². The highest BCUT2D eigenvalue weighted by molar-refractivity contribution is 6.59. The highest BCUT2D eigenvalue weighted by Crippen LogP contribution is 2.07. The van der Waals surface area contributed by atoms with Crippen LogP contribution in [0.5, 0.6) is 0 Å². The van der Waals surface area contributed by atoms with E-state index in [1.165, 1.54) is 31.6 Å². The first-order chi connectivity index (χ1) is 4.85. The van der Waals surface area contributed by atoms with E-state index in [4.69, 9.17) is 0 Å². The summed E-state index contributed by atoms with van der Waals surface area (Å²) in [6.45, 7) is 7.77. The Morgan fingerprint density at radius 2 is 1.70 bits per heavy atom. The molecule has 0 atom stereocenters. The van der Waals surface area contributed by atoms with Crippen LogP contribution < -0.4 is 0 Å². The molecule has 0 fully saturated rings. The van der Waals surface area contributed by atoms with Crippen LogP contribution in [0, 0.1) is 0 Å². The molecule has 0 N–H and O–H groups in total. The third-order valence-electron chi connectivity index (χ3n) is 2.22. The molecule has 0 aliphatic carbocycles. The van der Waals surface area contributed by atoms with Crippen LogP contribution in [0.1, 0.15) is 20.8 Å². The number of rotatable bonds is 6. The average molecular weight is 137 g/mol. The molecule has 0 aliphatic rings. The summed E-state index contributed by atoms with van der Waals surface area (Å²) in [6, 6.07) is 0. The van der Waals surface area contributed by atoms with Crippen molar-refractivity contribution < 1.29 is 0 Å². The predicted molar refractivity (Wildman–Crippen MR) is 52.6 cm³/mol. The Labute approximate surface area is 67.1 Å². The molecule has 0 bridgehead atoms. The lowest BCUT2D eigenvalue weighted by Crippen LogP contribution is -2.08. The van der Waals surface area contributed by atoms with Crippen molar-refractivity contribution in [3.63, 3.8) is 0 Å². The zero-order chi connectivity index (χ0) is 7.82. The molecule has 0 saturated heterocycles. The molecule has 0 spiro atoms. The molecule has 10 heavy (non-hydrogen) atoms. The maximum absolute atomic E-state index is 2.39. The standard InChI is InChI=1S/C8H19B2/c1-4-9-7-8-10(5-2)6-3/h4-8H2,1-3H3. The monoisotopic (exact) mass is 137 g/mol. The first kappa shape index (κ1) is 10.1. The van der Waals surface area contributed by atoms with E-state index in [0.717, 1.165) is 6.71 Å². The molecule has 0 aromatic heterocycles. The first-order valence-corrected chi connectivity index (χ1v) is 4.66. The minimum absolute atomic E-state index is 0.975. The molecule has 0 saturated carbocycles. The summed E-state index contributed by atoms with van der Waals surface area (Å²) in [6.07, 6.45) is 6.67. The molecule has 0 amide bonds. The van der Waals surface area contributed by atoms with Gasteiger partial charge in [-0.15, -0.1) is 0 Å². The van der Waals surface area contributed by atoms with Gasteiger partial charge in [-0.05, 0) is 0 Å². The maximum atomic E-state index is 2.39. The third kappa shape index (κ3) is 4.96. The lowest BCUT2D eigenvalue weighted by molar-refractivity contribution is 1.22. The molecule has 0 rings (SSSR count). The zero-order valence-corrected chi connectivity index (χ0v) is 7.69. The van der Waals surface area contributed by atoms with E-state index < -0.39 is 0 Å². The number of hydrogen-bond donors (Lipinski definition) is 0. The van der Waals surface area contributed by atoms with Gasteiger partial charge < -0.3 is 0 Å². The zero-order valence-electron chi connectivity index (χ0n) is 7.69. The van der Waals surface area contributed by atoms with E-state index in [2.05, 4.69) is 28.1 Å². The van der Waals surface area contributed by atoms with Gasteiger partial charge in [0.05, 0.1) is 0 Å². The van der Waals surface area contributed by atoms with Crippen molar-refractivity contribution in [3.05, 3.63) is 0 Å². The maximum Gasteiger partial charge on any atom is 0.138 e.